The van der Waals surface area contributed by atoms with Gasteiger partial charge in [0.2, 0.25) is 11.8 Å². The number of nitrogens with zero attached hydrogens (tertiary/aromatic N) is 2. The first kappa shape index (κ1) is 14.1. The van der Waals surface area contributed by atoms with E-state index in [2.05, 4.69) is 10.2 Å². The van der Waals surface area contributed by atoms with Gasteiger partial charge in [-0.1, -0.05) is 30.3 Å². The molecule has 3 aromatic carbocycles. The molecular weight excluding hydrogens is 304 g/mol. The molecule has 0 fully saturated rings. The molecule has 0 bridgehead atoms. The topological polar surface area (TPSA) is 76.2 Å². The van der Waals surface area contributed by atoms with Crippen molar-refractivity contribution in [3.05, 3.63) is 72.3 Å². The fourth-order valence-electron chi connectivity index (χ4n) is 2.53. The van der Waals surface area contributed by atoms with Gasteiger partial charge in [-0.2, -0.15) is 0 Å². The minimum Gasteiger partial charge on any atom is -0.478 e. The summed E-state index contributed by atoms with van der Waals surface area (Å²) in [5.74, 6) is -0.183. The summed E-state index contributed by atoms with van der Waals surface area (Å²) in [5, 5.41) is 19.3. The lowest BCUT2D eigenvalue weighted by molar-refractivity contribution is 0.0697. The normalized spacial score (nSPS) is 10.8. The zero-order chi connectivity index (χ0) is 16.5. The number of carbonyl (C=O) groups is 1. The Bertz CT molecular complexity index is 1040. The van der Waals surface area contributed by atoms with Crippen molar-refractivity contribution in [1.82, 2.24) is 10.2 Å². The zero-order valence-corrected chi connectivity index (χ0v) is 12.5. The number of aromatic nitrogens is 2. The average Bonchev–Trinajstić information content (AvgIpc) is 3.11. The van der Waals surface area contributed by atoms with E-state index in [1.54, 1.807) is 12.1 Å². The van der Waals surface area contributed by atoms with Crippen LogP contribution in [-0.2, 0) is 0 Å². The van der Waals surface area contributed by atoms with Crippen LogP contribution < -0.4 is 0 Å². The first-order valence-corrected chi connectivity index (χ1v) is 7.37. The van der Waals surface area contributed by atoms with Crippen LogP contribution in [0.5, 0.6) is 0 Å². The maximum Gasteiger partial charge on any atom is 0.335 e. The minimum absolute atomic E-state index is 0.216. The number of rotatable bonds is 3. The number of benzene rings is 3. The fourth-order valence-corrected chi connectivity index (χ4v) is 2.53. The van der Waals surface area contributed by atoms with Crippen molar-refractivity contribution in [2.45, 2.75) is 0 Å². The van der Waals surface area contributed by atoms with Crippen molar-refractivity contribution >= 4 is 16.7 Å². The van der Waals surface area contributed by atoms with Crippen LogP contribution in [0, 0.1) is 0 Å². The predicted molar refractivity (Wildman–Crippen MR) is 89.6 cm³/mol. The average molecular weight is 316 g/mol. The molecule has 1 heterocycles. The molecule has 116 valence electrons. The van der Waals surface area contributed by atoms with Crippen molar-refractivity contribution in [3.63, 3.8) is 0 Å². The van der Waals surface area contributed by atoms with E-state index < -0.39 is 5.97 Å². The Labute approximate surface area is 137 Å². The van der Waals surface area contributed by atoms with Crippen molar-refractivity contribution in [2.75, 3.05) is 0 Å². The highest BCUT2D eigenvalue weighted by Gasteiger charge is 2.11. The second-order valence-electron chi connectivity index (χ2n) is 5.36. The molecule has 24 heavy (non-hydrogen) atoms. The van der Waals surface area contributed by atoms with Gasteiger partial charge in [-0.05, 0) is 47.2 Å². The third-order valence-electron chi connectivity index (χ3n) is 3.80. The van der Waals surface area contributed by atoms with Gasteiger partial charge in [-0.25, -0.2) is 4.79 Å². The van der Waals surface area contributed by atoms with Gasteiger partial charge in [0.05, 0.1) is 5.56 Å². The number of carboxylic acid groups (broad SMARTS) is 1. The molecular formula is C19H12N2O3. The second kappa shape index (κ2) is 5.62. The van der Waals surface area contributed by atoms with E-state index in [0.29, 0.717) is 17.3 Å². The summed E-state index contributed by atoms with van der Waals surface area (Å²) in [6.45, 7) is 0. The molecule has 0 atom stereocenters. The van der Waals surface area contributed by atoms with Gasteiger partial charge >= 0.3 is 5.97 Å². The van der Waals surface area contributed by atoms with E-state index in [1.807, 2.05) is 42.5 Å². The molecule has 1 N–H and O–H groups in total. The lowest BCUT2D eigenvalue weighted by Crippen LogP contribution is -1.94. The smallest absolute Gasteiger partial charge is 0.335 e. The van der Waals surface area contributed by atoms with Crippen LogP contribution in [0.4, 0.5) is 0 Å². The van der Waals surface area contributed by atoms with E-state index in [1.165, 1.54) is 12.1 Å². The van der Waals surface area contributed by atoms with E-state index in [0.717, 1.165) is 16.3 Å². The minimum atomic E-state index is -0.969. The molecule has 1 aromatic heterocycles. The van der Waals surface area contributed by atoms with E-state index in [-0.39, 0.29) is 5.56 Å². The van der Waals surface area contributed by atoms with Crippen molar-refractivity contribution < 1.29 is 14.3 Å². The Hall–Kier alpha value is -3.47. The highest BCUT2D eigenvalue weighted by molar-refractivity contribution is 5.88. The first-order valence-electron chi connectivity index (χ1n) is 7.37. The molecule has 0 saturated heterocycles. The monoisotopic (exact) mass is 316 g/mol. The van der Waals surface area contributed by atoms with Crippen LogP contribution in [-0.4, -0.2) is 21.3 Å². The SMILES string of the molecule is O=C(O)c1ccc(-c2nnc(-c3ccc4ccccc4c3)o2)cc1. The first-order chi connectivity index (χ1) is 11.7. The van der Waals surface area contributed by atoms with Crippen LogP contribution in [0.3, 0.4) is 0 Å². The van der Waals surface area contributed by atoms with E-state index in [9.17, 15) is 4.79 Å². The maximum absolute atomic E-state index is 10.9. The third kappa shape index (κ3) is 2.52. The molecule has 0 radical (unpaired) electrons. The van der Waals surface area contributed by atoms with E-state index >= 15 is 0 Å². The molecule has 4 aromatic rings. The van der Waals surface area contributed by atoms with Gasteiger partial charge in [-0.3, -0.25) is 0 Å². The maximum atomic E-state index is 10.9. The zero-order valence-electron chi connectivity index (χ0n) is 12.5. The largest absolute Gasteiger partial charge is 0.478 e. The standard InChI is InChI=1S/C19H12N2O3/c22-19(23)14-8-6-13(7-9-14)17-20-21-18(24-17)16-10-5-12-3-1-2-4-15(12)11-16/h1-11H,(H,22,23). The summed E-state index contributed by atoms with van der Waals surface area (Å²) in [7, 11) is 0. The van der Waals surface area contributed by atoms with Crippen LogP contribution in [0.25, 0.3) is 33.7 Å². The van der Waals surface area contributed by atoms with Crippen LogP contribution in [0.1, 0.15) is 10.4 Å². The summed E-state index contributed by atoms with van der Waals surface area (Å²) >= 11 is 0. The Balaban J connectivity index is 1.69. The number of hydrogen-bond donors (Lipinski definition) is 1. The van der Waals surface area contributed by atoms with Gasteiger partial charge < -0.3 is 9.52 Å². The highest BCUT2D eigenvalue weighted by Crippen LogP contribution is 2.26. The van der Waals surface area contributed by atoms with Gasteiger partial charge in [0.1, 0.15) is 0 Å². The predicted octanol–water partition coefficient (Wildman–Crippen LogP) is 4.26. The number of aromatic carboxylic acids is 1. The van der Waals surface area contributed by atoms with Crippen molar-refractivity contribution in [1.29, 1.82) is 0 Å². The Morgan fingerprint density at radius 2 is 1.42 bits per heavy atom. The second-order valence-corrected chi connectivity index (χ2v) is 5.36. The number of carboxylic acids is 1. The molecule has 0 aliphatic rings. The van der Waals surface area contributed by atoms with Crippen molar-refractivity contribution in [3.8, 4) is 22.9 Å². The van der Waals surface area contributed by atoms with Gasteiger partial charge in [0, 0.05) is 11.1 Å². The van der Waals surface area contributed by atoms with Crippen LogP contribution in [0.15, 0.2) is 71.1 Å². The molecule has 0 amide bonds. The summed E-state index contributed by atoms with van der Waals surface area (Å²) in [4.78, 5) is 10.9. The molecule has 5 nitrogen and oxygen atoms in total. The molecule has 0 saturated carbocycles. The quantitative estimate of drug-likeness (QED) is 0.611. The van der Waals surface area contributed by atoms with Crippen LogP contribution in [0.2, 0.25) is 0 Å². The molecule has 5 heteroatoms. The van der Waals surface area contributed by atoms with Gasteiger partial charge in [0.15, 0.2) is 0 Å². The molecule has 0 spiro atoms. The van der Waals surface area contributed by atoms with E-state index in [4.69, 9.17) is 9.52 Å². The molecule has 0 unspecified atom stereocenters. The Kier molecular flexibility index (Phi) is 3.31. The molecule has 0 aliphatic carbocycles. The Morgan fingerprint density at radius 1 is 0.792 bits per heavy atom. The lowest BCUT2D eigenvalue weighted by atomic mass is 10.1. The van der Waals surface area contributed by atoms with Crippen LogP contribution >= 0.6 is 0 Å². The summed E-state index contributed by atoms with van der Waals surface area (Å²) in [6, 6.07) is 20.3. The highest BCUT2D eigenvalue weighted by atomic mass is 16.4. The summed E-state index contributed by atoms with van der Waals surface area (Å²) in [5.41, 5.74) is 1.74. The van der Waals surface area contributed by atoms with Crippen molar-refractivity contribution in [2.24, 2.45) is 0 Å². The number of hydrogen-bond acceptors (Lipinski definition) is 4. The molecule has 0 aliphatic heterocycles. The fraction of sp³-hybridized carbons (Fsp3) is 0. The third-order valence-corrected chi connectivity index (χ3v) is 3.80. The Morgan fingerprint density at radius 3 is 2.12 bits per heavy atom. The summed E-state index contributed by atoms with van der Waals surface area (Å²) < 4.78 is 5.74. The lowest BCUT2D eigenvalue weighted by Gasteiger charge is -1.99. The van der Waals surface area contributed by atoms with Gasteiger partial charge in [-0.15, -0.1) is 10.2 Å². The molecule has 4 rings (SSSR count). The number of fused-ring (bicyclic) bond motifs is 1. The van der Waals surface area contributed by atoms with Gasteiger partial charge in [0.25, 0.3) is 0 Å². The summed E-state index contributed by atoms with van der Waals surface area (Å²) in [6.07, 6.45) is 0.